The lowest BCUT2D eigenvalue weighted by Gasteiger charge is -2.25. The number of aliphatic hydroxyl groups is 1. The van der Waals surface area contributed by atoms with Gasteiger partial charge < -0.3 is 42.7 Å². The van der Waals surface area contributed by atoms with E-state index in [1.54, 1.807) is 0 Å². The fourth-order valence-corrected chi connectivity index (χ4v) is 2.43. The van der Waals surface area contributed by atoms with Gasteiger partial charge in [-0.2, -0.15) is 0 Å². The van der Waals surface area contributed by atoms with Gasteiger partial charge in [0.05, 0.1) is 6.10 Å². The molecule has 0 bridgehead atoms. The maximum atomic E-state index is 12.7. The number of nitrogens with one attached hydrogen (secondary N) is 3. The predicted molar refractivity (Wildman–Crippen MR) is 109 cm³/mol. The van der Waals surface area contributed by atoms with Crippen molar-refractivity contribution in [2.75, 3.05) is 6.54 Å². The molecule has 0 aromatic rings. The van der Waals surface area contributed by atoms with Gasteiger partial charge in [0, 0.05) is 6.42 Å². The molecule has 0 spiro atoms. The molecule has 0 rings (SSSR count). The number of amides is 3. The van der Waals surface area contributed by atoms with Crippen molar-refractivity contribution in [1.29, 1.82) is 0 Å². The highest BCUT2D eigenvalue weighted by atomic mass is 16.4. The number of hydrogen-bond donors (Lipinski definition) is 8. The van der Waals surface area contributed by atoms with Crippen LogP contribution < -0.4 is 27.4 Å². The van der Waals surface area contributed by atoms with Crippen LogP contribution in [0.3, 0.4) is 0 Å². The van der Waals surface area contributed by atoms with Crippen molar-refractivity contribution in [1.82, 2.24) is 16.0 Å². The van der Waals surface area contributed by atoms with Crippen LogP contribution in [0, 0.1) is 0 Å². The lowest BCUT2D eigenvalue weighted by Crippen LogP contribution is -2.58. The number of hydrogen-bond acceptors (Lipinski definition) is 8. The van der Waals surface area contributed by atoms with Gasteiger partial charge in [-0.25, -0.2) is 0 Å². The summed E-state index contributed by atoms with van der Waals surface area (Å²) in [5.74, 6) is -4.94. The van der Waals surface area contributed by atoms with E-state index in [0.29, 0.717) is 19.4 Å². The third-order valence-electron chi connectivity index (χ3n) is 4.41. The van der Waals surface area contributed by atoms with E-state index in [9.17, 15) is 29.1 Å². The van der Waals surface area contributed by atoms with Crippen LogP contribution in [0.5, 0.6) is 0 Å². The molecule has 0 saturated carbocycles. The van der Waals surface area contributed by atoms with Gasteiger partial charge in [-0.05, 0) is 46.1 Å². The lowest BCUT2D eigenvalue weighted by atomic mass is 10.1. The zero-order chi connectivity index (χ0) is 24.1. The minimum atomic E-state index is -1.35. The molecule has 10 N–H and O–H groups in total. The van der Waals surface area contributed by atoms with Crippen molar-refractivity contribution in [3.05, 3.63) is 0 Å². The summed E-state index contributed by atoms with van der Waals surface area (Å²) < 4.78 is 0. The molecule has 3 amide bonds. The molecular formula is C18H33N5O8. The number of carbonyl (C=O) groups is 5. The maximum Gasteiger partial charge on any atom is 0.325 e. The SMILES string of the molecule is CC(NC(=O)C(CCCCN)NC(=O)C(CCC(=O)O)NC(=O)C(N)C(C)O)C(=O)O. The van der Waals surface area contributed by atoms with E-state index >= 15 is 0 Å². The number of aliphatic carboxylic acids is 2. The Labute approximate surface area is 179 Å². The molecule has 0 radical (unpaired) electrons. The lowest BCUT2D eigenvalue weighted by molar-refractivity contribution is -0.141. The normalized spacial score (nSPS) is 15.6. The fraction of sp³-hybridized carbons (Fsp3) is 0.722. The minimum absolute atomic E-state index is 0.147. The summed E-state index contributed by atoms with van der Waals surface area (Å²) in [6.07, 6.45) is -0.805. The molecule has 13 nitrogen and oxygen atoms in total. The van der Waals surface area contributed by atoms with Crippen molar-refractivity contribution < 1.29 is 39.3 Å². The number of rotatable bonds is 15. The molecule has 0 aromatic heterocycles. The second kappa shape index (κ2) is 14.3. The van der Waals surface area contributed by atoms with E-state index in [1.165, 1.54) is 13.8 Å². The van der Waals surface area contributed by atoms with Crippen LogP contribution in [0.25, 0.3) is 0 Å². The van der Waals surface area contributed by atoms with Crippen molar-refractivity contribution in [3.63, 3.8) is 0 Å². The summed E-state index contributed by atoms with van der Waals surface area (Å²) in [6.45, 7) is 2.88. The Hall–Kier alpha value is -2.77. The molecule has 0 aliphatic heterocycles. The van der Waals surface area contributed by atoms with E-state index in [-0.39, 0.29) is 12.8 Å². The Morgan fingerprint density at radius 1 is 0.839 bits per heavy atom. The van der Waals surface area contributed by atoms with E-state index in [1.807, 2.05) is 0 Å². The Bertz CT molecular complexity index is 642. The van der Waals surface area contributed by atoms with Crippen molar-refractivity contribution >= 4 is 29.7 Å². The number of carboxylic acid groups (broad SMARTS) is 2. The molecule has 5 unspecified atom stereocenters. The summed E-state index contributed by atoms with van der Waals surface area (Å²) in [5.41, 5.74) is 11.0. The third-order valence-corrected chi connectivity index (χ3v) is 4.41. The third kappa shape index (κ3) is 11.3. The summed E-state index contributed by atoms with van der Waals surface area (Å²) in [6, 6.07) is -5.02. The largest absolute Gasteiger partial charge is 0.481 e. The monoisotopic (exact) mass is 447 g/mol. The van der Waals surface area contributed by atoms with Gasteiger partial charge in [0.15, 0.2) is 0 Å². The van der Waals surface area contributed by atoms with Crippen LogP contribution in [-0.4, -0.2) is 81.8 Å². The van der Waals surface area contributed by atoms with Gasteiger partial charge in [-0.1, -0.05) is 0 Å². The first kappa shape index (κ1) is 28.2. The van der Waals surface area contributed by atoms with Gasteiger partial charge in [-0.3, -0.25) is 24.0 Å². The Morgan fingerprint density at radius 2 is 1.35 bits per heavy atom. The summed E-state index contributed by atoms with van der Waals surface area (Å²) >= 11 is 0. The molecule has 0 fully saturated rings. The quantitative estimate of drug-likeness (QED) is 0.120. The Kier molecular flexibility index (Phi) is 13.0. The smallest absolute Gasteiger partial charge is 0.325 e. The van der Waals surface area contributed by atoms with Gasteiger partial charge in [0.25, 0.3) is 0 Å². The minimum Gasteiger partial charge on any atom is -0.481 e. The molecule has 0 heterocycles. The van der Waals surface area contributed by atoms with Crippen LogP contribution in [0.4, 0.5) is 0 Å². The second-order valence-electron chi connectivity index (χ2n) is 7.17. The standard InChI is InChI=1S/C18H33N5O8/c1-9(18(30)31)21-15(27)11(5-3-4-8-19)22-16(28)12(6-7-13(25)26)23-17(29)14(20)10(2)24/h9-12,14,24H,3-8,19-20H2,1-2H3,(H,21,27)(H,22,28)(H,23,29)(H,25,26)(H,30,31). The number of carbonyl (C=O) groups excluding carboxylic acids is 3. The van der Waals surface area contributed by atoms with Gasteiger partial charge >= 0.3 is 11.9 Å². The first-order chi connectivity index (χ1) is 14.4. The molecule has 0 aliphatic carbocycles. The van der Waals surface area contributed by atoms with E-state index in [0.717, 1.165) is 0 Å². The summed E-state index contributed by atoms with van der Waals surface area (Å²) in [4.78, 5) is 59.1. The average Bonchev–Trinajstić information content (AvgIpc) is 2.68. The van der Waals surface area contributed by atoms with Gasteiger partial charge in [0.2, 0.25) is 17.7 Å². The van der Waals surface area contributed by atoms with Crippen molar-refractivity contribution in [2.24, 2.45) is 11.5 Å². The molecule has 0 aliphatic rings. The molecule has 13 heteroatoms. The van der Waals surface area contributed by atoms with Gasteiger partial charge in [0.1, 0.15) is 24.2 Å². The predicted octanol–water partition coefficient (Wildman–Crippen LogP) is -2.75. The van der Waals surface area contributed by atoms with Crippen LogP contribution >= 0.6 is 0 Å². The van der Waals surface area contributed by atoms with Crippen molar-refractivity contribution in [2.45, 2.75) is 76.2 Å². The van der Waals surface area contributed by atoms with Crippen LogP contribution in [-0.2, 0) is 24.0 Å². The number of unbranched alkanes of at least 4 members (excludes halogenated alkanes) is 1. The molecule has 0 aromatic carbocycles. The molecular weight excluding hydrogens is 414 g/mol. The molecule has 5 atom stereocenters. The van der Waals surface area contributed by atoms with E-state index < -0.39 is 66.4 Å². The van der Waals surface area contributed by atoms with E-state index in [4.69, 9.17) is 21.7 Å². The topological polar surface area (TPSA) is 234 Å². The summed E-state index contributed by atoms with van der Waals surface area (Å²) in [5, 5.41) is 34.3. The maximum absolute atomic E-state index is 12.7. The van der Waals surface area contributed by atoms with Crippen LogP contribution in [0.15, 0.2) is 0 Å². The number of carboxylic acids is 2. The molecule has 178 valence electrons. The van der Waals surface area contributed by atoms with Crippen LogP contribution in [0.2, 0.25) is 0 Å². The summed E-state index contributed by atoms with van der Waals surface area (Å²) in [7, 11) is 0. The van der Waals surface area contributed by atoms with Crippen LogP contribution in [0.1, 0.15) is 46.0 Å². The van der Waals surface area contributed by atoms with Crippen molar-refractivity contribution in [3.8, 4) is 0 Å². The molecule has 0 saturated heterocycles. The highest BCUT2D eigenvalue weighted by Crippen LogP contribution is 2.05. The first-order valence-electron chi connectivity index (χ1n) is 9.90. The Morgan fingerprint density at radius 3 is 1.84 bits per heavy atom. The van der Waals surface area contributed by atoms with E-state index in [2.05, 4.69) is 16.0 Å². The Balaban J connectivity index is 5.40. The first-order valence-corrected chi connectivity index (χ1v) is 9.90. The second-order valence-corrected chi connectivity index (χ2v) is 7.17. The van der Waals surface area contributed by atoms with Gasteiger partial charge in [-0.15, -0.1) is 0 Å². The zero-order valence-electron chi connectivity index (χ0n) is 17.7. The molecule has 31 heavy (non-hydrogen) atoms. The number of aliphatic hydroxyl groups excluding tert-OH is 1. The average molecular weight is 447 g/mol. The highest BCUT2D eigenvalue weighted by Gasteiger charge is 2.30. The highest BCUT2D eigenvalue weighted by molar-refractivity contribution is 5.94. The zero-order valence-corrected chi connectivity index (χ0v) is 17.7. The fourth-order valence-electron chi connectivity index (χ4n) is 2.43. The number of nitrogens with two attached hydrogens (primary N) is 2.